The molecule has 1 aliphatic heterocycles. The van der Waals surface area contributed by atoms with Crippen LogP contribution in [0.25, 0.3) is 10.8 Å². The SMILES string of the molecule is Cc1ccc(-c2nc(CN3CCC[C@H](Cn4cncn4)C3)cs2)o1. The Bertz CT molecular complexity index is 779. The molecule has 0 bridgehead atoms. The van der Waals surface area contributed by atoms with Crippen molar-refractivity contribution in [1.29, 1.82) is 0 Å². The highest BCUT2D eigenvalue weighted by Gasteiger charge is 2.21. The molecule has 3 aromatic heterocycles. The first-order valence-electron chi connectivity index (χ1n) is 8.32. The molecule has 7 heteroatoms. The fourth-order valence-corrected chi connectivity index (χ4v) is 4.08. The number of aromatic nitrogens is 4. The third kappa shape index (κ3) is 3.57. The molecule has 0 radical (unpaired) electrons. The van der Waals surface area contributed by atoms with Crippen LogP contribution in [-0.2, 0) is 13.1 Å². The number of furan rings is 1. The molecule has 4 rings (SSSR count). The van der Waals surface area contributed by atoms with E-state index < -0.39 is 0 Å². The molecule has 0 aromatic carbocycles. The summed E-state index contributed by atoms with van der Waals surface area (Å²) in [5, 5.41) is 7.34. The molecule has 6 nitrogen and oxygen atoms in total. The van der Waals surface area contributed by atoms with Crippen molar-refractivity contribution in [2.24, 2.45) is 5.92 Å². The number of thiazole rings is 1. The van der Waals surface area contributed by atoms with Gasteiger partial charge in [0.05, 0.1) is 5.69 Å². The third-order valence-corrected chi connectivity index (χ3v) is 5.31. The Morgan fingerprint density at radius 1 is 1.38 bits per heavy atom. The smallest absolute Gasteiger partial charge is 0.162 e. The van der Waals surface area contributed by atoms with E-state index in [4.69, 9.17) is 9.40 Å². The summed E-state index contributed by atoms with van der Waals surface area (Å²) in [6.45, 7) is 6.04. The van der Waals surface area contributed by atoms with Crippen LogP contribution in [0, 0.1) is 12.8 Å². The van der Waals surface area contributed by atoms with Gasteiger partial charge in [-0.25, -0.2) is 9.97 Å². The number of piperidine rings is 1. The monoisotopic (exact) mass is 343 g/mol. The van der Waals surface area contributed by atoms with Crippen molar-refractivity contribution in [1.82, 2.24) is 24.6 Å². The van der Waals surface area contributed by atoms with Crippen LogP contribution >= 0.6 is 11.3 Å². The molecule has 1 aliphatic rings. The van der Waals surface area contributed by atoms with Crippen LogP contribution in [0.15, 0.2) is 34.6 Å². The van der Waals surface area contributed by atoms with Gasteiger partial charge in [-0.15, -0.1) is 11.3 Å². The number of hydrogen-bond donors (Lipinski definition) is 0. The van der Waals surface area contributed by atoms with Gasteiger partial charge >= 0.3 is 0 Å². The van der Waals surface area contributed by atoms with E-state index in [-0.39, 0.29) is 0 Å². The largest absolute Gasteiger partial charge is 0.459 e. The molecule has 0 amide bonds. The van der Waals surface area contributed by atoms with Gasteiger partial charge in [0, 0.05) is 25.0 Å². The number of rotatable bonds is 5. The van der Waals surface area contributed by atoms with Gasteiger partial charge in [0.1, 0.15) is 18.4 Å². The van der Waals surface area contributed by atoms with Crippen LogP contribution in [0.5, 0.6) is 0 Å². The van der Waals surface area contributed by atoms with E-state index in [1.54, 1.807) is 24.0 Å². The molecule has 24 heavy (non-hydrogen) atoms. The van der Waals surface area contributed by atoms with E-state index in [1.807, 2.05) is 23.7 Å². The molecule has 0 N–H and O–H groups in total. The molecule has 4 heterocycles. The zero-order valence-electron chi connectivity index (χ0n) is 13.8. The van der Waals surface area contributed by atoms with Crippen LogP contribution in [0.3, 0.4) is 0 Å². The molecule has 126 valence electrons. The summed E-state index contributed by atoms with van der Waals surface area (Å²) in [6, 6.07) is 3.97. The maximum atomic E-state index is 5.67. The summed E-state index contributed by atoms with van der Waals surface area (Å²) >= 11 is 1.66. The van der Waals surface area contributed by atoms with Gasteiger partial charge in [-0.1, -0.05) is 0 Å². The normalized spacial score (nSPS) is 19.0. The fourth-order valence-electron chi connectivity index (χ4n) is 3.31. The molecule has 0 unspecified atom stereocenters. The highest BCUT2D eigenvalue weighted by atomic mass is 32.1. The van der Waals surface area contributed by atoms with Crippen molar-refractivity contribution in [3.05, 3.63) is 41.6 Å². The fraction of sp³-hybridized carbons (Fsp3) is 0.471. The van der Waals surface area contributed by atoms with E-state index in [0.717, 1.165) is 48.4 Å². The zero-order chi connectivity index (χ0) is 16.4. The summed E-state index contributed by atoms with van der Waals surface area (Å²) in [5.41, 5.74) is 1.13. The lowest BCUT2D eigenvalue weighted by atomic mass is 9.98. The van der Waals surface area contributed by atoms with E-state index in [2.05, 4.69) is 20.4 Å². The van der Waals surface area contributed by atoms with E-state index in [1.165, 1.54) is 12.8 Å². The number of aryl methyl sites for hydroxylation is 1. The second-order valence-corrected chi connectivity index (χ2v) is 7.27. The lowest BCUT2D eigenvalue weighted by molar-refractivity contribution is 0.152. The van der Waals surface area contributed by atoms with Crippen LogP contribution in [0.4, 0.5) is 0 Å². The molecule has 3 aromatic rings. The van der Waals surface area contributed by atoms with Gasteiger partial charge in [0.25, 0.3) is 0 Å². The average Bonchev–Trinajstić information content (AvgIpc) is 3.30. The maximum Gasteiger partial charge on any atom is 0.162 e. The first-order valence-corrected chi connectivity index (χ1v) is 9.20. The van der Waals surface area contributed by atoms with Crippen molar-refractivity contribution in [2.45, 2.75) is 32.9 Å². The Balaban J connectivity index is 1.37. The van der Waals surface area contributed by atoms with E-state index in [0.29, 0.717) is 5.92 Å². The van der Waals surface area contributed by atoms with Gasteiger partial charge in [-0.3, -0.25) is 9.58 Å². The Morgan fingerprint density at radius 2 is 2.33 bits per heavy atom. The molecule has 0 spiro atoms. The summed E-state index contributed by atoms with van der Waals surface area (Å²) < 4.78 is 7.61. The Kier molecular flexibility index (Phi) is 4.44. The predicted octanol–water partition coefficient (Wildman–Crippen LogP) is 3.22. The Labute approximate surface area is 145 Å². The number of likely N-dealkylation sites (tertiary alicyclic amines) is 1. The van der Waals surface area contributed by atoms with Crippen molar-refractivity contribution < 1.29 is 4.42 Å². The van der Waals surface area contributed by atoms with Gasteiger partial charge in [0.15, 0.2) is 10.8 Å². The van der Waals surface area contributed by atoms with E-state index >= 15 is 0 Å². The maximum absolute atomic E-state index is 5.67. The molecule has 0 aliphatic carbocycles. The van der Waals surface area contributed by atoms with E-state index in [9.17, 15) is 0 Å². The minimum atomic E-state index is 0.631. The second kappa shape index (κ2) is 6.86. The summed E-state index contributed by atoms with van der Waals surface area (Å²) in [5.74, 6) is 2.42. The van der Waals surface area contributed by atoms with Gasteiger partial charge < -0.3 is 4.42 Å². The summed E-state index contributed by atoms with van der Waals surface area (Å²) in [4.78, 5) is 11.3. The molecular weight excluding hydrogens is 322 g/mol. The van der Waals surface area contributed by atoms with Crippen molar-refractivity contribution in [2.75, 3.05) is 13.1 Å². The Hall–Kier alpha value is -1.99. The zero-order valence-corrected chi connectivity index (χ0v) is 14.6. The van der Waals surface area contributed by atoms with Crippen LogP contribution in [0.2, 0.25) is 0 Å². The summed E-state index contributed by atoms with van der Waals surface area (Å²) in [6.07, 6.45) is 5.89. The van der Waals surface area contributed by atoms with Gasteiger partial charge in [-0.05, 0) is 44.4 Å². The minimum Gasteiger partial charge on any atom is -0.459 e. The lowest BCUT2D eigenvalue weighted by Crippen LogP contribution is -2.36. The standard InChI is InChI=1S/C17H21N5OS/c1-13-4-5-16(23-13)17-20-15(10-24-17)9-21-6-2-3-14(7-21)8-22-12-18-11-19-22/h4-5,10-12,14H,2-3,6-9H2,1H3/t14-/m0/s1. The third-order valence-electron chi connectivity index (χ3n) is 4.40. The molecule has 1 saturated heterocycles. The molecule has 0 saturated carbocycles. The average molecular weight is 343 g/mol. The minimum absolute atomic E-state index is 0.631. The molecular formula is C17H21N5OS. The quantitative estimate of drug-likeness (QED) is 0.712. The molecule has 1 fully saturated rings. The summed E-state index contributed by atoms with van der Waals surface area (Å²) in [7, 11) is 0. The second-order valence-electron chi connectivity index (χ2n) is 6.42. The van der Waals surface area contributed by atoms with Crippen LogP contribution in [0.1, 0.15) is 24.3 Å². The predicted molar refractivity (Wildman–Crippen MR) is 92.6 cm³/mol. The topological polar surface area (TPSA) is 60.0 Å². The van der Waals surface area contributed by atoms with Gasteiger partial charge in [0.2, 0.25) is 0 Å². The highest BCUT2D eigenvalue weighted by molar-refractivity contribution is 7.13. The van der Waals surface area contributed by atoms with Crippen molar-refractivity contribution >= 4 is 11.3 Å². The Morgan fingerprint density at radius 3 is 3.12 bits per heavy atom. The number of hydrogen-bond acceptors (Lipinski definition) is 6. The molecule has 1 atom stereocenters. The van der Waals surface area contributed by atoms with Crippen LogP contribution < -0.4 is 0 Å². The highest BCUT2D eigenvalue weighted by Crippen LogP contribution is 2.27. The first-order chi connectivity index (χ1) is 11.8. The van der Waals surface area contributed by atoms with Gasteiger partial charge in [-0.2, -0.15) is 5.10 Å². The number of nitrogens with zero attached hydrogens (tertiary/aromatic N) is 5. The first kappa shape index (κ1) is 15.5. The van der Waals surface area contributed by atoms with Crippen molar-refractivity contribution in [3.8, 4) is 10.8 Å². The van der Waals surface area contributed by atoms with Crippen molar-refractivity contribution in [3.63, 3.8) is 0 Å². The lowest BCUT2D eigenvalue weighted by Gasteiger charge is -2.32. The van der Waals surface area contributed by atoms with Crippen LogP contribution in [-0.4, -0.2) is 37.7 Å².